The van der Waals surface area contributed by atoms with Gasteiger partial charge < -0.3 is 113 Å². The number of carbonyl (C=O) groups excluding carboxylic acids is 1. The van der Waals surface area contributed by atoms with Crippen molar-refractivity contribution in [2.75, 3.05) is 124 Å². The molecule has 14 heterocycles. The molecule has 1 fully saturated rings. The van der Waals surface area contributed by atoms with Crippen LogP contribution in [-0.4, -0.2) is 230 Å². The number of esters is 1. The number of aliphatic hydroxyl groups is 6. The lowest BCUT2D eigenvalue weighted by Gasteiger charge is -2.19. The zero-order valence-corrected chi connectivity index (χ0v) is 79.8. The number of fused-ring (bicyclic) bond motifs is 7. The number of aromatic nitrogens is 21. The van der Waals surface area contributed by atoms with E-state index in [4.69, 9.17) is 63.0 Å². The largest absolute Gasteiger partial charge is 0.467 e. The van der Waals surface area contributed by atoms with Crippen molar-refractivity contribution in [1.29, 1.82) is 0 Å². The van der Waals surface area contributed by atoms with Crippen molar-refractivity contribution in [1.82, 2.24) is 105 Å². The number of nitrogens with one attached hydrogen (secondary N) is 7. The molecule has 14 aromatic rings. The quantitative estimate of drug-likeness (QED) is 0.0128. The van der Waals surface area contributed by atoms with Crippen molar-refractivity contribution < 1.29 is 40.2 Å². The number of rotatable bonds is 36. The Bertz CT molecular complexity index is 6190. The summed E-state index contributed by atoms with van der Waals surface area (Å²) in [5, 5.41) is 79.0. The van der Waals surface area contributed by atoms with E-state index in [0.29, 0.717) is 135 Å². The number of halogens is 1. The summed E-state index contributed by atoms with van der Waals surface area (Å²) in [5.74, 6) is 5.82. The Kier molecular flexibility index (Phi) is 41.6. The summed E-state index contributed by atoms with van der Waals surface area (Å²) >= 11 is 6.17. The molecule has 0 bridgehead atoms. The van der Waals surface area contributed by atoms with Gasteiger partial charge in [0.15, 0.2) is 40.7 Å². The van der Waals surface area contributed by atoms with Gasteiger partial charge in [0, 0.05) is 42.9 Å². The zero-order chi connectivity index (χ0) is 99.2. The zero-order valence-electron chi connectivity index (χ0n) is 79.0. The maximum Gasteiger partial charge on any atom is 0.328 e. The number of nitrogens with two attached hydrogens (primary N) is 7. The summed E-state index contributed by atoms with van der Waals surface area (Å²) < 4.78 is 4.78. The maximum absolute atomic E-state index is 11.7. The number of nitrogen functional groups attached to an aromatic ring is 7. The van der Waals surface area contributed by atoms with Gasteiger partial charge in [-0.3, -0.25) is 29.9 Å². The Morgan fingerprint density at radius 1 is 0.416 bits per heavy atom. The average Bonchev–Trinajstić information content (AvgIpc) is 1.87. The second-order valence-corrected chi connectivity index (χ2v) is 33.2. The van der Waals surface area contributed by atoms with Crippen LogP contribution in [0.1, 0.15) is 162 Å². The van der Waals surface area contributed by atoms with E-state index in [9.17, 15) is 35.4 Å². The molecule has 0 aromatic carbocycles. The van der Waals surface area contributed by atoms with Crippen LogP contribution in [0.15, 0.2) is 97.8 Å². The van der Waals surface area contributed by atoms with E-state index in [0.717, 1.165) is 105 Å². The van der Waals surface area contributed by atoms with Gasteiger partial charge >= 0.3 is 5.97 Å². The predicted molar refractivity (Wildman–Crippen MR) is 540 cm³/mol. The van der Waals surface area contributed by atoms with Crippen LogP contribution in [0.25, 0.3) is 82.1 Å². The first-order valence-corrected chi connectivity index (χ1v) is 45.9. The lowest BCUT2D eigenvalue weighted by atomic mass is 10.0. The molecule has 15 rings (SSSR count). The van der Waals surface area contributed by atoms with Crippen LogP contribution in [-0.2, 0) is 16.0 Å². The van der Waals surface area contributed by atoms with Crippen LogP contribution in [0.3, 0.4) is 0 Å². The SMILES string of the molecule is CC(C)C[C@@H](CO)Nc1nc(N)nc2cccnc12.CCC[C@@H](CO)Nc1nc(N)nc2c(Cl)cc(C)nc12.CCC[C@@H](CO)Nc1nc(N)nc2cc(C)cnc12.CCC[C@@H](CO)Nc1nc(N)nc2cc(CC)cnc12.CCC[C@H](Nc1nc(N)nc2cccnc12)C(=O)OC.Nc1nc(N[C@H](CO)CC2CC2)c2ncccc2n1.[C-]#[N+]c1cnc2c(N[C@H](CO)CCC)nc(N)nc2c1. The van der Waals surface area contributed by atoms with E-state index >= 15 is 0 Å². The fraction of sp³-hybridized carbons (Fsp3) is 0.446. The van der Waals surface area contributed by atoms with Gasteiger partial charge in [0.1, 0.15) is 50.2 Å². The van der Waals surface area contributed by atoms with Crippen LogP contribution in [0.4, 0.5) is 88.1 Å². The number of hydrogen-bond donors (Lipinski definition) is 20. The molecule has 44 nitrogen and oxygen atoms in total. The summed E-state index contributed by atoms with van der Waals surface area (Å²) in [6, 6.07) is 17.2. The maximum atomic E-state index is 11.7. The van der Waals surface area contributed by atoms with Gasteiger partial charge in [-0.1, -0.05) is 112 Å². The molecule has 1 aliphatic carbocycles. The lowest BCUT2D eigenvalue weighted by molar-refractivity contribution is -0.141. The monoisotopic (exact) mass is 1900 g/mol. The van der Waals surface area contributed by atoms with Crippen molar-refractivity contribution >= 4 is 183 Å². The highest BCUT2D eigenvalue weighted by atomic mass is 35.5. The number of pyridine rings is 7. The van der Waals surface area contributed by atoms with Crippen molar-refractivity contribution in [3.05, 3.63) is 131 Å². The van der Waals surface area contributed by atoms with Crippen molar-refractivity contribution in [3.63, 3.8) is 0 Å². The molecule has 0 unspecified atom stereocenters. The Morgan fingerprint density at radius 3 is 1.13 bits per heavy atom. The highest BCUT2D eigenvalue weighted by Crippen LogP contribution is 2.36. The van der Waals surface area contributed by atoms with Gasteiger partial charge in [0.2, 0.25) is 47.3 Å². The van der Waals surface area contributed by atoms with Crippen LogP contribution < -0.4 is 77.4 Å². The molecule has 0 saturated heterocycles. The first-order valence-electron chi connectivity index (χ1n) is 45.5. The number of anilines is 14. The number of nitrogens with zero attached hydrogens (tertiary/aromatic N) is 22. The molecule has 0 radical (unpaired) electrons. The molecule has 730 valence electrons. The van der Waals surface area contributed by atoms with E-state index in [1.807, 2.05) is 64.2 Å². The van der Waals surface area contributed by atoms with Crippen molar-refractivity contribution in [2.24, 2.45) is 11.8 Å². The number of ether oxygens (including phenoxy) is 1. The summed E-state index contributed by atoms with van der Waals surface area (Å²) in [5.41, 5.74) is 52.1. The Labute approximate surface area is 798 Å². The first-order chi connectivity index (χ1) is 66.0. The summed E-state index contributed by atoms with van der Waals surface area (Å²) in [6.07, 6.45) is 23.9. The van der Waals surface area contributed by atoms with Crippen LogP contribution in [0.2, 0.25) is 5.02 Å². The first kappa shape index (κ1) is 106. The van der Waals surface area contributed by atoms with E-state index in [1.54, 1.807) is 55.1 Å². The van der Waals surface area contributed by atoms with Gasteiger partial charge in [0.05, 0.1) is 128 Å². The number of methoxy groups -OCH3 is 1. The van der Waals surface area contributed by atoms with Gasteiger partial charge in [-0.15, -0.1) is 0 Å². The second kappa shape index (κ2) is 53.7. The van der Waals surface area contributed by atoms with E-state index in [-0.39, 0.29) is 124 Å². The van der Waals surface area contributed by atoms with Crippen molar-refractivity contribution in [3.8, 4) is 0 Å². The molecule has 45 heteroatoms. The molecule has 14 aromatic heterocycles. The molecule has 27 N–H and O–H groups in total. The Balaban J connectivity index is 0.000000179. The van der Waals surface area contributed by atoms with Gasteiger partial charge in [0.25, 0.3) is 0 Å². The molecular weight excluding hydrogens is 1770 g/mol. The number of aryl methyl sites for hydroxylation is 3. The van der Waals surface area contributed by atoms with Gasteiger partial charge in [-0.25, -0.2) is 49.5 Å². The Hall–Kier alpha value is -14.4. The minimum Gasteiger partial charge on any atom is -0.467 e. The summed E-state index contributed by atoms with van der Waals surface area (Å²) in [7, 11) is 1.36. The van der Waals surface area contributed by atoms with Crippen LogP contribution in [0.5, 0.6) is 0 Å². The van der Waals surface area contributed by atoms with E-state index in [1.165, 1.54) is 26.1 Å². The van der Waals surface area contributed by atoms with E-state index in [2.05, 4.69) is 188 Å². The standard InChI is InChI=1S/C14H21N5O.C13H18ClN5O.C13H16N6O.C13H17N5O2.C13H17N5O.2C13H19N5O/c1-3-5-10(8-20)17-13-12-11(18-14(15)19-13)6-9(4-2)7-16-12;1-3-4-8(6-20)17-12-11-10(18-13(15)19-12)9(14)5-7(2)16-11;1-3-4-8(7-20)17-12-11-10(18-13(14)19-12)5-9(15-2)6-16-11;1-3-5-9(12(19)20-2)16-11-10-8(6-4-7-15-10)17-13(14)18-11;14-13-17-10-2-1-5-15-11(10)12(18-13)16-9(7-19)6-8-3-4-8;1-8(2)6-9(7-19)16-12-11-10(4-3-5-15-11)17-13(14)18-12;1-3-4-9(7-19)16-12-11-10(17-13(14)18-12)5-8(2)6-15-11/h6-7,10,20H,3-5,8H2,1-2H3,(H3,15,17,18,19);5,8,20H,3-4,6H2,1-2H3,(H3,15,17,18,19);5-6,8,20H,3-4,7H2,1H3,(H3,14,17,18,19);4,6-7,9H,3,5H2,1-2H3,(H3,14,16,17,18);1-2,5,8-9,19H,3-4,6-7H2,(H3,14,16,17,18);3-5,8-9,19H,6-7H2,1-2H3,(H3,14,16,17,18);5-6,9,19H,3-4,7H2,1-2H3,(H3,14,16,17,18)/t10-;2*8-;4*9-/m0000000/s1. The lowest BCUT2D eigenvalue weighted by Crippen LogP contribution is -2.31. The molecule has 0 amide bonds. The molecule has 1 saturated carbocycles. The molecule has 0 aliphatic heterocycles. The number of carbonyl (C=O) groups is 1. The molecule has 1 aliphatic rings. The predicted octanol–water partition coefficient (Wildman–Crippen LogP) is 11.1. The summed E-state index contributed by atoms with van der Waals surface area (Å²) in [6.45, 7) is 27.5. The minimum atomic E-state index is -0.482. The third-order valence-electron chi connectivity index (χ3n) is 20.9. The highest BCUT2D eigenvalue weighted by molar-refractivity contribution is 6.35. The fourth-order valence-corrected chi connectivity index (χ4v) is 14.6. The van der Waals surface area contributed by atoms with Gasteiger partial charge in [-0.05, 0) is 149 Å². The van der Waals surface area contributed by atoms with Gasteiger partial charge in [-0.2, -0.15) is 34.9 Å². The Morgan fingerprint density at radius 2 is 0.759 bits per heavy atom. The molecule has 137 heavy (non-hydrogen) atoms. The third-order valence-corrected chi connectivity index (χ3v) is 21.2. The molecular formula is C92H127ClN36O8. The normalized spacial score (nSPS) is 13.0. The fourth-order valence-electron chi connectivity index (χ4n) is 14.3. The second-order valence-electron chi connectivity index (χ2n) is 32.8. The smallest absolute Gasteiger partial charge is 0.328 e. The van der Waals surface area contributed by atoms with Crippen molar-refractivity contribution in [2.45, 2.75) is 208 Å². The average molecular weight is 1900 g/mol. The molecule has 7 atom stereocenters. The topological polar surface area (TPSA) is 689 Å². The molecule has 0 spiro atoms. The van der Waals surface area contributed by atoms with Crippen LogP contribution >= 0.6 is 11.6 Å². The summed E-state index contributed by atoms with van der Waals surface area (Å²) in [4.78, 5) is 103. The van der Waals surface area contributed by atoms with Crippen LogP contribution in [0, 0.1) is 32.3 Å². The number of aliphatic hydroxyl groups excluding tert-OH is 6. The highest BCUT2D eigenvalue weighted by Gasteiger charge is 2.28. The third kappa shape index (κ3) is 31.9. The van der Waals surface area contributed by atoms with E-state index < -0.39 is 6.04 Å². The minimum absolute atomic E-state index is 0.000617. The number of hydrogen-bond acceptors (Lipinski definition) is 43.